The average molecular weight is 325 g/mol. The molecule has 0 amide bonds. The lowest BCUT2D eigenvalue weighted by Gasteiger charge is -2.09. The van der Waals surface area contributed by atoms with Crippen molar-refractivity contribution in [2.45, 2.75) is 6.92 Å². The number of ether oxygens (including phenoxy) is 3. The van der Waals surface area contributed by atoms with E-state index in [1.807, 2.05) is 53.1 Å². The molecule has 0 aliphatic rings. The summed E-state index contributed by atoms with van der Waals surface area (Å²) in [6, 6.07) is 13.2. The van der Waals surface area contributed by atoms with E-state index in [-0.39, 0.29) is 5.97 Å². The van der Waals surface area contributed by atoms with Gasteiger partial charge in [-0.05, 0) is 43.3 Å². The molecule has 0 saturated heterocycles. The summed E-state index contributed by atoms with van der Waals surface area (Å²) >= 11 is 0. The van der Waals surface area contributed by atoms with E-state index in [1.54, 1.807) is 21.1 Å². The van der Waals surface area contributed by atoms with Gasteiger partial charge < -0.3 is 18.6 Å². The van der Waals surface area contributed by atoms with Crippen molar-refractivity contribution in [1.29, 1.82) is 0 Å². The van der Waals surface area contributed by atoms with E-state index in [0.717, 1.165) is 16.8 Å². The topological polar surface area (TPSA) is 49.2 Å². The number of esters is 1. The SMILES string of the molecule is CCOC(=O)c1cc(-c2ccc(OC)c(OC)c2)n2ccccc12. The molecular weight excluding hydrogens is 306 g/mol. The minimum atomic E-state index is -0.326. The van der Waals surface area contributed by atoms with Gasteiger partial charge in [-0.15, -0.1) is 0 Å². The van der Waals surface area contributed by atoms with E-state index in [1.165, 1.54) is 0 Å². The number of methoxy groups -OCH3 is 2. The summed E-state index contributed by atoms with van der Waals surface area (Å²) in [5.74, 6) is 0.972. The Morgan fingerprint density at radius 1 is 1.04 bits per heavy atom. The fourth-order valence-corrected chi connectivity index (χ4v) is 2.74. The Labute approximate surface area is 140 Å². The Morgan fingerprint density at radius 2 is 1.83 bits per heavy atom. The van der Waals surface area contributed by atoms with Crippen LogP contribution >= 0.6 is 0 Å². The normalized spacial score (nSPS) is 10.6. The molecule has 0 spiro atoms. The van der Waals surface area contributed by atoms with Crippen LogP contribution in [0.3, 0.4) is 0 Å². The molecule has 1 aromatic carbocycles. The monoisotopic (exact) mass is 325 g/mol. The van der Waals surface area contributed by atoms with Crippen LogP contribution in [-0.4, -0.2) is 31.2 Å². The summed E-state index contributed by atoms with van der Waals surface area (Å²) in [5, 5.41) is 0. The van der Waals surface area contributed by atoms with E-state index in [2.05, 4.69) is 0 Å². The highest BCUT2D eigenvalue weighted by atomic mass is 16.5. The van der Waals surface area contributed by atoms with Crippen LogP contribution in [0.5, 0.6) is 11.5 Å². The predicted octanol–water partition coefficient (Wildman–Crippen LogP) is 3.80. The van der Waals surface area contributed by atoms with Gasteiger partial charge in [-0.25, -0.2) is 4.79 Å². The number of aromatic nitrogens is 1. The smallest absolute Gasteiger partial charge is 0.340 e. The minimum absolute atomic E-state index is 0.326. The third-order valence-corrected chi connectivity index (χ3v) is 3.85. The van der Waals surface area contributed by atoms with Crippen LogP contribution < -0.4 is 9.47 Å². The largest absolute Gasteiger partial charge is 0.493 e. The summed E-state index contributed by atoms with van der Waals surface area (Å²) in [6.45, 7) is 2.14. The zero-order valence-electron chi connectivity index (χ0n) is 13.9. The lowest BCUT2D eigenvalue weighted by atomic mass is 10.1. The summed E-state index contributed by atoms with van der Waals surface area (Å²) in [7, 11) is 3.20. The molecule has 5 nitrogen and oxygen atoms in total. The lowest BCUT2D eigenvalue weighted by Crippen LogP contribution is -2.03. The van der Waals surface area contributed by atoms with E-state index in [9.17, 15) is 4.79 Å². The fraction of sp³-hybridized carbons (Fsp3) is 0.211. The van der Waals surface area contributed by atoms with E-state index >= 15 is 0 Å². The number of hydrogen-bond acceptors (Lipinski definition) is 4. The molecule has 0 unspecified atom stereocenters. The first kappa shape index (κ1) is 15.9. The van der Waals surface area contributed by atoms with Crippen molar-refractivity contribution in [3.63, 3.8) is 0 Å². The second-order valence-corrected chi connectivity index (χ2v) is 5.19. The highest BCUT2D eigenvalue weighted by Gasteiger charge is 2.18. The van der Waals surface area contributed by atoms with Crippen LogP contribution in [0.15, 0.2) is 48.7 Å². The molecule has 5 heteroatoms. The van der Waals surface area contributed by atoms with Gasteiger partial charge in [-0.3, -0.25) is 0 Å². The number of fused-ring (bicyclic) bond motifs is 1. The first-order chi connectivity index (χ1) is 11.7. The van der Waals surface area contributed by atoms with Crippen LogP contribution in [0.25, 0.3) is 16.8 Å². The van der Waals surface area contributed by atoms with Gasteiger partial charge in [0.05, 0.1) is 37.6 Å². The van der Waals surface area contributed by atoms with Crippen molar-refractivity contribution in [1.82, 2.24) is 4.40 Å². The van der Waals surface area contributed by atoms with Crippen LogP contribution in [0.4, 0.5) is 0 Å². The molecule has 124 valence electrons. The van der Waals surface area contributed by atoms with Crippen molar-refractivity contribution in [3.05, 3.63) is 54.2 Å². The van der Waals surface area contributed by atoms with Crippen molar-refractivity contribution < 1.29 is 19.0 Å². The molecule has 0 aliphatic carbocycles. The molecule has 0 N–H and O–H groups in total. The molecule has 0 atom stereocenters. The van der Waals surface area contributed by atoms with Gasteiger partial charge in [0.25, 0.3) is 0 Å². The van der Waals surface area contributed by atoms with E-state index < -0.39 is 0 Å². The van der Waals surface area contributed by atoms with Gasteiger partial charge in [0.15, 0.2) is 11.5 Å². The van der Waals surface area contributed by atoms with Crippen LogP contribution in [0, 0.1) is 0 Å². The number of hydrogen-bond donors (Lipinski definition) is 0. The first-order valence-electron chi connectivity index (χ1n) is 7.69. The summed E-state index contributed by atoms with van der Waals surface area (Å²) in [5.41, 5.74) is 3.15. The molecule has 0 fully saturated rings. The molecule has 0 radical (unpaired) electrons. The molecule has 0 saturated carbocycles. The summed E-state index contributed by atoms with van der Waals surface area (Å²) < 4.78 is 17.8. The Bertz CT molecular complexity index is 882. The maximum atomic E-state index is 12.2. The number of benzene rings is 1. The van der Waals surface area contributed by atoms with Gasteiger partial charge in [0.2, 0.25) is 0 Å². The molecular formula is C19H19NO4. The second-order valence-electron chi connectivity index (χ2n) is 5.19. The maximum Gasteiger partial charge on any atom is 0.340 e. The number of carbonyl (C=O) groups is 1. The van der Waals surface area contributed by atoms with Crippen LogP contribution in [-0.2, 0) is 4.74 Å². The molecule has 3 rings (SSSR count). The Balaban J connectivity index is 2.18. The standard InChI is InChI=1S/C19H19NO4/c1-4-24-19(21)14-12-16(20-10-6-5-7-15(14)20)13-8-9-17(22-2)18(11-13)23-3/h5-12H,4H2,1-3H3. The maximum absolute atomic E-state index is 12.2. The van der Waals surface area contributed by atoms with Crippen molar-refractivity contribution in [3.8, 4) is 22.8 Å². The van der Waals surface area contributed by atoms with Crippen LogP contribution in [0.1, 0.15) is 17.3 Å². The number of carbonyl (C=O) groups excluding carboxylic acids is 1. The number of nitrogens with zero attached hydrogens (tertiary/aromatic N) is 1. The van der Waals surface area contributed by atoms with Gasteiger partial charge in [0, 0.05) is 11.8 Å². The van der Waals surface area contributed by atoms with Gasteiger partial charge in [-0.2, -0.15) is 0 Å². The van der Waals surface area contributed by atoms with Crippen molar-refractivity contribution in [2.24, 2.45) is 0 Å². The average Bonchev–Trinajstić information content (AvgIpc) is 3.01. The zero-order valence-corrected chi connectivity index (χ0v) is 13.9. The third kappa shape index (κ3) is 2.69. The molecule has 2 aromatic heterocycles. The van der Waals surface area contributed by atoms with Crippen molar-refractivity contribution in [2.75, 3.05) is 20.8 Å². The first-order valence-corrected chi connectivity index (χ1v) is 7.69. The van der Waals surface area contributed by atoms with E-state index in [4.69, 9.17) is 14.2 Å². The quantitative estimate of drug-likeness (QED) is 0.670. The summed E-state index contributed by atoms with van der Waals surface area (Å²) in [4.78, 5) is 12.2. The molecule has 2 heterocycles. The minimum Gasteiger partial charge on any atom is -0.493 e. The van der Waals surface area contributed by atoms with Gasteiger partial charge in [-0.1, -0.05) is 6.07 Å². The predicted molar refractivity (Wildman–Crippen MR) is 91.9 cm³/mol. The Hall–Kier alpha value is -2.95. The van der Waals surface area contributed by atoms with E-state index in [0.29, 0.717) is 23.7 Å². The van der Waals surface area contributed by atoms with Gasteiger partial charge >= 0.3 is 5.97 Å². The van der Waals surface area contributed by atoms with Crippen molar-refractivity contribution >= 4 is 11.5 Å². The Kier molecular flexibility index (Phi) is 4.42. The van der Waals surface area contributed by atoms with Crippen LogP contribution in [0.2, 0.25) is 0 Å². The highest BCUT2D eigenvalue weighted by Crippen LogP contribution is 2.34. The van der Waals surface area contributed by atoms with Gasteiger partial charge in [0.1, 0.15) is 0 Å². The molecule has 0 bridgehead atoms. The summed E-state index contributed by atoms with van der Waals surface area (Å²) in [6.07, 6.45) is 1.92. The Morgan fingerprint density at radius 3 is 2.54 bits per heavy atom. The number of rotatable bonds is 5. The molecule has 24 heavy (non-hydrogen) atoms. The second kappa shape index (κ2) is 6.66. The molecule has 3 aromatic rings. The number of pyridine rings is 1. The third-order valence-electron chi connectivity index (χ3n) is 3.85. The fourth-order valence-electron chi connectivity index (χ4n) is 2.74. The molecule has 0 aliphatic heterocycles. The lowest BCUT2D eigenvalue weighted by molar-refractivity contribution is 0.0529. The highest BCUT2D eigenvalue weighted by molar-refractivity contribution is 5.99. The zero-order chi connectivity index (χ0) is 17.1.